The van der Waals surface area contributed by atoms with Crippen LogP contribution >= 0.6 is 0 Å². The topological polar surface area (TPSA) is 75.6 Å². The van der Waals surface area contributed by atoms with Gasteiger partial charge in [0.15, 0.2) is 0 Å². The Morgan fingerprint density at radius 2 is 1.43 bits per heavy atom. The van der Waals surface area contributed by atoms with Crippen molar-refractivity contribution < 1.29 is 19.4 Å². The number of ether oxygens (including phenoxy) is 1. The standard InChI is InChI=1S/C44H75NO4/c1-5-6-7-8-9-10-11-12-13-14-15-16-17-21-27-35-42(46)49-37-36-45-44(48)40(4)30-24-20-18-19-23-29-38(2)43(47)39(3)31-28-34-41-32-25-22-26-33-41/h23,29-31,38,41,43,47H,5-17,20-22,24-28,32-37H2,1-4H3,(H,45,48)/b29-23+,39-31+,40-30+/t38-,43-/m1/s1. The minimum absolute atomic E-state index is 0.0132. The van der Waals surface area contributed by atoms with Gasteiger partial charge in [-0.25, -0.2) is 0 Å². The summed E-state index contributed by atoms with van der Waals surface area (Å²) in [6, 6.07) is 0. The molecule has 0 spiro atoms. The number of carbonyl (C=O) groups is 2. The maximum Gasteiger partial charge on any atom is 0.305 e. The first-order valence-electron chi connectivity index (χ1n) is 20.5. The fourth-order valence-electron chi connectivity index (χ4n) is 6.63. The molecule has 2 atom stereocenters. The predicted molar refractivity (Wildman–Crippen MR) is 208 cm³/mol. The molecule has 49 heavy (non-hydrogen) atoms. The van der Waals surface area contributed by atoms with Gasteiger partial charge in [-0.2, -0.15) is 0 Å². The first kappa shape index (κ1) is 44.7. The first-order valence-corrected chi connectivity index (χ1v) is 20.5. The molecule has 0 aromatic rings. The van der Waals surface area contributed by atoms with E-state index in [-0.39, 0.29) is 24.4 Å². The summed E-state index contributed by atoms with van der Waals surface area (Å²) in [5.41, 5.74) is 1.69. The average Bonchev–Trinajstić information content (AvgIpc) is 3.11. The van der Waals surface area contributed by atoms with Gasteiger partial charge in [0.25, 0.3) is 0 Å². The van der Waals surface area contributed by atoms with E-state index in [1.807, 2.05) is 32.1 Å². The lowest BCUT2D eigenvalue weighted by Crippen LogP contribution is -2.28. The quantitative estimate of drug-likeness (QED) is 0.0283. The van der Waals surface area contributed by atoms with Crippen molar-refractivity contribution in [1.29, 1.82) is 0 Å². The van der Waals surface area contributed by atoms with E-state index >= 15 is 0 Å². The molecule has 0 bridgehead atoms. The van der Waals surface area contributed by atoms with Crippen LogP contribution in [0.15, 0.2) is 35.5 Å². The number of unbranched alkanes of at least 4 members (excludes halogenated alkanes) is 15. The lowest BCUT2D eigenvalue weighted by atomic mass is 9.85. The molecule has 0 unspecified atom stereocenters. The van der Waals surface area contributed by atoms with Crippen LogP contribution in [0.5, 0.6) is 0 Å². The number of rotatable bonds is 28. The molecule has 0 aromatic carbocycles. The zero-order valence-electron chi connectivity index (χ0n) is 32.3. The Hall–Kier alpha value is -2.32. The largest absolute Gasteiger partial charge is 0.464 e. The molecule has 0 aliphatic heterocycles. The molecule has 0 saturated heterocycles. The molecular weight excluding hydrogens is 606 g/mol. The molecule has 0 radical (unpaired) electrons. The highest BCUT2D eigenvalue weighted by molar-refractivity contribution is 5.92. The van der Waals surface area contributed by atoms with Gasteiger partial charge in [-0.05, 0) is 57.1 Å². The summed E-state index contributed by atoms with van der Waals surface area (Å²) in [5, 5.41) is 13.5. The van der Waals surface area contributed by atoms with E-state index in [9.17, 15) is 14.7 Å². The van der Waals surface area contributed by atoms with E-state index in [4.69, 9.17) is 4.74 Å². The van der Waals surface area contributed by atoms with Crippen molar-refractivity contribution in [1.82, 2.24) is 5.32 Å². The van der Waals surface area contributed by atoms with Crippen molar-refractivity contribution in [2.75, 3.05) is 13.2 Å². The molecule has 2 N–H and O–H groups in total. The molecular formula is C44H75NO4. The summed E-state index contributed by atoms with van der Waals surface area (Å²) in [6.07, 6.45) is 38.0. The zero-order valence-corrected chi connectivity index (χ0v) is 32.3. The summed E-state index contributed by atoms with van der Waals surface area (Å²) >= 11 is 0. The predicted octanol–water partition coefficient (Wildman–Crippen LogP) is 11.5. The SMILES string of the molecule is CCCCCCCCCCCCCCCCCC(=O)OCCNC(=O)/C(C)=C/CCC#C/C=C/[C@@H](C)[C@@H](O)/C(C)=C/CCC1CCCCC1. The van der Waals surface area contributed by atoms with Crippen LogP contribution in [-0.4, -0.2) is 36.2 Å². The highest BCUT2D eigenvalue weighted by Gasteiger charge is 2.15. The summed E-state index contributed by atoms with van der Waals surface area (Å²) in [6.45, 7) is 8.64. The first-order chi connectivity index (χ1) is 23.8. The van der Waals surface area contributed by atoms with Crippen LogP contribution in [-0.2, 0) is 14.3 Å². The molecule has 1 aliphatic carbocycles. The molecule has 1 aliphatic rings. The van der Waals surface area contributed by atoms with Gasteiger partial charge in [0.05, 0.1) is 12.6 Å². The van der Waals surface area contributed by atoms with Crippen LogP contribution in [0.4, 0.5) is 0 Å². The van der Waals surface area contributed by atoms with Crippen LogP contribution in [0.3, 0.4) is 0 Å². The van der Waals surface area contributed by atoms with E-state index in [1.54, 1.807) is 6.92 Å². The number of aliphatic hydroxyl groups is 1. The Labute approximate surface area is 302 Å². The molecule has 1 amide bonds. The fourth-order valence-corrected chi connectivity index (χ4v) is 6.63. The third kappa shape index (κ3) is 26.2. The van der Waals surface area contributed by atoms with Gasteiger partial charge in [0.2, 0.25) is 5.91 Å². The van der Waals surface area contributed by atoms with Gasteiger partial charge in [0, 0.05) is 24.3 Å². The maximum absolute atomic E-state index is 12.3. The van der Waals surface area contributed by atoms with Gasteiger partial charge in [-0.15, -0.1) is 0 Å². The monoisotopic (exact) mass is 682 g/mol. The van der Waals surface area contributed by atoms with Crippen LogP contribution < -0.4 is 5.32 Å². The summed E-state index contributed by atoms with van der Waals surface area (Å²) in [7, 11) is 0. The molecule has 5 heteroatoms. The van der Waals surface area contributed by atoms with Crippen molar-refractivity contribution in [2.45, 2.75) is 194 Å². The van der Waals surface area contributed by atoms with Crippen LogP contribution in [0.2, 0.25) is 0 Å². The highest BCUT2D eigenvalue weighted by Crippen LogP contribution is 2.28. The van der Waals surface area contributed by atoms with E-state index < -0.39 is 6.10 Å². The third-order valence-electron chi connectivity index (χ3n) is 10.0. The zero-order chi connectivity index (χ0) is 35.8. The lowest BCUT2D eigenvalue weighted by Gasteiger charge is -2.21. The number of allylic oxidation sites excluding steroid dienone is 3. The Morgan fingerprint density at radius 3 is 2.04 bits per heavy atom. The Morgan fingerprint density at radius 1 is 0.837 bits per heavy atom. The van der Waals surface area contributed by atoms with Crippen LogP contribution in [0, 0.1) is 23.7 Å². The molecule has 1 rings (SSSR count). The Bertz CT molecular complexity index is 994. The lowest BCUT2D eigenvalue weighted by molar-refractivity contribution is -0.144. The summed E-state index contributed by atoms with van der Waals surface area (Å²) < 4.78 is 5.30. The van der Waals surface area contributed by atoms with Crippen molar-refractivity contribution >= 4 is 11.9 Å². The molecule has 5 nitrogen and oxygen atoms in total. The van der Waals surface area contributed by atoms with E-state index in [0.717, 1.165) is 30.8 Å². The molecule has 280 valence electrons. The number of carbonyl (C=O) groups excluding carboxylic acids is 2. The van der Waals surface area contributed by atoms with Gasteiger partial charge >= 0.3 is 5.97 Å². The van der Waals surface area contributed by atoms with Gasteiger partial charge < -0.3 is 15.2 Å². The van der Waals surface area contributed by atoms with Gasteiger partial charge in [0.1, 0.15) is 6.61 Å². The Kier molecular flexibility index (Phi) is 28.9. The summed E-state index contributed by atoms with van der Waals surface area (Å²) in [5.74, 6) is 6.73. The Balaban J connectivity index is 2.03. The fraction of sp³-hybridized carbons (Fsp3) is 0.773. The molecule has 0 aromatic heterocycles. The van der Waals surface area contributed by atoms with E-state index in [2.05, 4.69) is 30.2 Å². The van der Waals surface area contributed by atoms with Crippen LogP contribution in [0.25, 0.3) is 0 Å². The number of nitrogens with one attached hydrogen (secondary N) is 1. The number of esters is 1. The maximum atomic E-state index is 12.3. The van der Waals surface area contributed by atoms with E-state index in [1.165, 1.54) is 122 Å². The second-order valence-electron chi connectivity index (χ2n) is 14.6. The normalized spacial score (nSPS) is 15.5. The van der Waals surface area contributed by atoms with Crippen molar-refractivity contribution in [3.8, 4) is 11.8 Å². The van der Waals surface area contributed by atoms with Gasteiger partial charge in [-0.1, -0.05) is 166 Å². The highest BCUT2D eigenvalue weighted by atomic mass is 16.5. The van der Waals surface area contributed by atoms with Crippen molar-refractivity contribution in [3.05, 3.63) is 35.5 Å². The van der Waals surface area contributed by atoms with E-state index in [0.29, 0.717) is 31.4 Å². The number of aliphatic hydroxyl groups excluding tert-OH is 1. The molecule has 0 heterocycles. The second-order valence-corrected chi connectivity index (χ2v) is 14.6. The number of hydrogen-bond donors (Lipinski definition) is 2. The second kappa shape index (κ2) is 31.6. The number of amides is 1. The minimum Gasteiger partial charge on any atom is -0.464 e. The minimum atomic E-state index is -0.476. The third-order valence-corrected chi connectivity index (χ3v) is 10.0. The van der Waals surface area contributed by atoms with Gasteiger partial charge in [-0.3, -0.25) is 9.59 Å². The summed E-state index contributed by atoms with van der Waals surface area (Å²) in [4.78, 5) is 24.3. The average molecular weight is 682 g/mol. The van der Waals surface area contributed by atoms with Crippen molar-refractivity contribution in [2.24, 2.45) is 11.8 Å². The van der Waals surface area contributed by atoms with Crippen LogP contribution in [0.1, 0.15) is 188 Å². The smallest absolute Gasteiger partial charge is 0.305 e. The molecule has 1 saturated carbocycles. The number of hydrogen-bond acceptors (Lipinski definition) is 4. The van der Waals surface area contributed by atoms with Crippen molar-refractivity contribution in [3.63, 3.8) is 0 Å². The molecule has 1 fully saturated rings.